The number of fused-ring (bicyclic) bond motifs is 3. The van der Waals surface area contributed by atoms with E-state index in [1.165, 1.54) is 32.7 Å². The Morgan fingerprint density at radius 1 is 1.24 bits per heavy atom. The summed E-state index contributed by atoms with van der Waals surface area (Å²) < 4.78 is 0.233. The Labute approximate surface area is 150 Å². The summed E-state index contributed by atoms with van der Waals surface area (Å²) in [5, 5.41) is 6.91. The van der Waals surface area contributed by atoms with Gasteiger partial charge in [0.05, 0.1) is 0 Å². The molecule has 3 saturated heterocycles. The fraction of sp³-hybridized carbons (Fsp3) is 0.929. The first kappa shape index (κ1) is 19.3. The Morgan fingerprint density at radius 3 is 2.38 bits per heavy atom. The van der Waals surface area contributed by atoms with Crippen LogP contribution in [0, 0.1) is 0 Å². The lowest BCUT2D eigenvalue weighted by Gasteiger charge is -2.47. The number of nitrogens with zero attached hydrogens (tertiary/aromatic N) is 3. The predicted molar refractivity (Wildman–Crippen MR) is 104 cm³/mol. The van der Waals surface area contributed by atoms with Crippen molar-refractivity contribution in [2.75, 3.05) is 59.1 Å². The Bertz CT molecular complexity index is 342. The van der Waals surface area contributed by atoms with Crippen molar-refractivity contribution in [3.8, 4) is 0 Å². The van der Waals surface area contributed by atoms with Crippen molar-refractivity contribution in [2.24, 2.45) is 4.99 Å². The Kier molecular flexibility index (Phi) is 8.08. The van der Waals surface area contributed by atoms with Gasteiger partial charge in [-0.05, 0) is 20.1 Å². The van der Waals surface area contributed by atoms with Gasteiger partial charge in [0.1, 0.15) is 0 Å². The molecule has 3 heterocycles. The Morgan fingerprint density at radius 2 is 1.90 bits per heavy atom. The Hall–Kier alpha value is 0.270. The van der Waals surface area contributed by atoms with Gasteiger partial charge in [0, 0.05) is 63.6 Å². The zero-order chi connectivity index (χ0) is 14.6. The van der Waals surface area contributed by atoms with E-state index in [0.29, 0.717) is 6.04 Å². The van der Waals surface area contributed by atoms with Crippen molar-refractivity contribution in [1.29, 1.82) is 0 Å². The fourth-order valence-corrected chi connectivity index (χ4v) is 2.94. The van der Waals surface area contributed by atoms with Crippen LogP contribution in [0.3, 0.4) is 0 Å². The van der Waals surface area contributed by atoms with Crippen LogP contribution in [0.25, 0.3) is 0 Å². The van der Waals surface area contributed by atoms with Crippen LogP contribution in [-0.4, -0.2) is 85.7 Å². The molecule has 1 unspecified atom stereocenters. The van der Waals surface area contributed by atoms with Crippen LogP contribution < -0.4 is 10.6 Å². The van der Waals surface area contributed by atoms with Crippen LogP contribution in [0.1, 0.15) is 13.8 Å². The molecular weight excluding hydrogens is 397 g/mol. The molecule has 3 fully saturated rings. The maximum absolute atomic E-state index is 4.32. The lowest BCUT2D eigenvalue weighted by molar-refractivity contribution is 0.0154. The number of guanidine groups is 1. The minimum atomic E-state index is 0. The van der Waals surface area contributed by atoms with E-state index in [1.807, 2.05) is 18.8 Å². The van der Waals surface area contributed by atoms with E-state index in [9.17, 15) is 0 Å². The second kappa shape index (κ2) is 8.79. The topological polar surface area (TPSA) is 42.9 Å². The molecule has 7 heteroatoms. The highest BCUT2D eigenvalue weighted by Gasteiger charge is 2.31. The van der Waals surface area contributed by atoms with E-state index in [1.54, 1.807) is 0 Å². The van der Waals surface area contributed by atoms with Gasteiger partial charge in [-0.3, -0.25) is 14.8 Å². The standard InChI is InChI=1S/C14H29N5S.HI/c1-14(2,20-4)11-17-13(15-3)16-9-12-10-18-5-7-19(12)8-6-18;/h12H,5-11H2,1-4H3,(H2,15,16,17);1H. The smallest absolute Gasteiger partial charge is 0.191 e. The van der Waals surface area contributed by atoms with Crippen LogP contribution in [0.4, 0.5) is 0 Å². The average molecular weight is 427 g/mol. The molecule has 0 spiro atoms. The molecule has 0 amide bonds. The number of thioether (sulfide) groups is 1. The Balaban J connectivity index is 0.00000220. The van der Waals surface area contributed by atoms with Crippen molar-refractivity contribution in [2.45, 2.75) is 24.6 Å². The maximum atomic E-state index is 4.32. The molecule has 3 rings (SSSR count). The fourth-order valence-electron chi connectivity index (χ4n) is 2.72. The van der Waals surface area contributed by atoms with E-state index < -0.39 is 0 Å². The van der Waals surface area contributed by atoms with Crippen molar-refractivity contribution >= 4 is 41.7 Å². The van der Waals surface area contributed by atoms with Crippen LogP contribution in [-0.2, 0) is 0 Å². The molecule has 21 heavy (non-hydrogen) atoms. The van der Waals surface area contributed by atoms with Gasteiger partial charge in [0.2, 0.25) is 0 Å². The molecule has 0 aromatic heterocycles. The van der Waals surface area contributed by atoms with Gasteiger partial charge >= 0.3 is 0 Å². The first-order chi connectivity index (χ1) is 9.54. The van der Waals surface area contributed by atoms with Gasteiger partial charge in [-0.1, -0.05) is 0 Å². The second-order valence-corrected chi connectivity index (χ2v) is 7.77. The van der Waals surface area contributed by atoms with Crippen molar-refractivity contribution in [3.05, 3.63) is 0 Å². The van der Waals surface area contributed by atoms with Crippen molar-refractivity contribution in [3.63, 3.8) is 0 Å². The monoisotopic (exact) mass is 427 g/mol. The SMILES string of the molecule is CN=C(NCC1CN2CCN1CC2)NCC(C)(C)SC.I. The van der Waals surface area contributed by atoms with Gasteiger partial charge in [-0.15, -0.1) is 24.0 Å². The first-order valence-corrected chi connectivity index (χ1v) is 8.72. The van der Waals surface area contributed by atoms with Crippen LogP contribution >= 0.6 is 35.7 Å². The molecule has 0 saturated carbocycles. The zero-order valence-electron chi connectivity index (χ0n) is 13.7. The third-order valence-corrected chi connectivity index (χ3v) is 5.60. The van der Waals surface area contributed by atoms with E-state index in [-0.39, 0.29) is 28.7 Å². The van der Waals surface area contributed by atoms with E-state index >= 15 is 0 Å². The van der Waals surface area contributed by atoms with Gasteiger partial charge in [-0.25, -0.2) is 0 Å². The molecule has 0 aliphatic carbocycles. The van der Waals surface area contributed by atoms with E-state index in [0.717, 1.165) is 19.0 Å². The summed E-state index contributed by atoms with van der Waals surface area (Å²) in [6.07, 6.45) is 2.15. The normalized spacial score (nSPS) is 29.0. The number of nitrogens with one attached hydrogen (secondary N) is 2. The molecule has 2 bridgehead atoms. The summed E-state index contributed by atoms with van der Waals surface area (Å²) >= 11 is 1.88. The summed E-state index contributed by atoms with van der Waals surface area (Å²) in [6.45, 7) is 12.5. The largest absolute Gasteiger partial charge is 0.355 e. The van der Waals surface area contributed by atoms with E-state index in [4.69, 9.17) is 0 Å². The van der Waals surface area contributed by atoms with Gasteiger partial charge < -0.3 is 10.6 Å². The number of aliphatic imine (C=N–C) groups is 1. The number of halogens is 1. The maximum Gasteiger partial charge on any atom is 0.191 e. The molecule has 124 valence electrons. The third-order valence-electron chi connectivity index (χ3n) is 4.36. The van der Waals surface area contributed by atoms with Crippen LogP contribution in [0.5, 0.6) is 0 Å². The third kappa shape index (κ3) is 5.76. The molecule has 1 atom stereocenters. The summed E-state index contributed by atoms with van der Waals surface area (Å²) in [5.41, 5.74) is 0. The number of rotatable bonds is 5. The average Bonchev–Trinajstić information content (AvgIpc) is 2.48. The molecule has 2 N–H and O–H groups in total. The minimum absolute atomic E-state index is 0. The summed E-state index contributed by atoms with van der Waals surface area (Å²) in [5.74, 6) is 0.921. The molecule has 3 aliphatic rings. The molecular formula is C14H30IN5S. The van der Waals surface area contributed by atoms with Gasteiger partial charge in [0.25, 0.3) is 0 Å². The molecule has 0 aromatic rings. The van der Waals surface area contributed by atoms with Crippen LogP contribution in [0.15, 0.2) is 4.99 Å². The lowest BCUT2D eigenvalue weighted by Crippen LogP contribution is -2.64. The molecule has 5 nitrogen and oxygen atoms in total. The molecule has 0 aromatic carbocycles. The zero-order valence-corrected chi connectivity index (χ0v) is 16.8. The highest BCUT2D eigenvalue weighted by Crippen LogP contribution is 2.19. The summed E-state index contributed by atoms with van der Waals surface area (Å²) in [7, 11) is 1.85. The van der Waals surface area contributed by atoms with E-state index in [2.05, 4.69) is 45.5 Å². The number of hydrogen-bond acceptors (Lipinski definition) is 4. The second-order valence-electron chi connectivity index (χ2n) is 6.26. The summed E-state index contributed by atoms with van der Waals surface area (Å²) in [6, 6.07) is 0.629. The van der Waals surface area contributed by atoms with Crippen LogP contribution in [0.2, 0.25) is 0 Å². The van der Waals surface area contributed by atoms with Gasteiger partial charge in [0.15, 0.2) is 5.96 Å². The first-order valence-electron chi connectivity index (χ1n) is 7.50. The molecule has 0 radical (unpaired) electrons. The molecule has 3 aliphatic heterocycles. The minimum Gasteiger partial charge on any atom is -0.355 e. The predicted octanol–water partition coefficient (Wildman–Crippen LogP) is 0.911. The summed E-state index contributed by atoms with van der Waals surface area (Å²) in [4.78, 5) is 9.50. The van der Waals surface area contributed by atoms with Crippen molar-refractivity contribution in [1.82, 2.24) is 20.4 Å². The van der Waals surface area contributed by atoms with Gasteiger partial charge in [-0.2, -0.15) is 11.8 Å². The number of piperazine rings is 3. The highest BCUT2D eigenvalue weighted by molar-refractivity contribution is 14.0. The number of hydrogen-bond donors (Lipinski definition) is 2. The lowest BCUT2D eigenvalue weighted by atomic mass is 10.1. The quantitative estimate of drug-likeness (QED) is 0.388. The highest BCUT2D eigenvalue weighted by atomic mass is 127. The van der Waals surface area contributed by atoms with Crippen molar-refractivity contribution < 1.29 is 0 Å².